The molecule has 1 heterocycles. The smallest absolute Gasteiger partial charge is 0.331 e. The topological polar surface area (TPSA) is 122 Å². The summed E-state index contributed by atoms with van der Waals surface area (Å²) in [5.41, 5.74) is 2.43. The molecular weight excluding hydrogens is 402 g/mol. The SMILES string of the molecule is COCC1=NN(c2ccc(C)cc2)C(=O)C1CC(=Cc1ccc([N+](=O)[O-])cc1)C(=O)O. The molecule has 0 aromatic heterocycles. The van der Waals surface area contributed by atoms with E-state index in [0.29, 0.717) is 17.0 Å². The van der Waals surface area contributed by atoms with E-state index in [-0.39, 0.29) is 30.2 Å². The van der Waals surface area contributed by atoms with E-state index in [1.165, 1.54) is 42.5 Å². The molecule has 0 fully saturated rings. The van der Waals surface area contributed by atoms with E-state index in [1.807, 2.05) is 19.1 Å². The third-order valence-electron chi connectivity index (χ3n) is 4.85. The number of hydrogen-bond acceptors (Lipinski definition) is 6. The van der Waals surface area contributed by atoms with Crippen molar-refractivity contribution in [1.82, 2.24) is 0 Å². The number of carboxylic acids is 1. The Morgan fingerprint density at radius 3 is 2.42 bits per heavy atom. The summed E-state index contributed by atoms with van der Waals surface area (Å²) >= 11 is 0. The van der Waals surface area contributed by atoms with Gasteiger partial charge in [0.15, 0.2) is 0 Å². The highest BCUT2D eigenvalue weighted by atomic mass is 16.6. The molecule has 1 amide bonds. The molecule has 160 valence electrons. The predicted molar refractivity (Wildman–Crippen MR) is 115 cm³/mol. The number of non-ortho nitro benzene ring substituents is 1. The Hall–Kier alpha value is -3.85. The minimum atomic E-state index is -1.18. The van der Waals surface area contributed by atoms with E-state index in [1.54, 1.807) is 12.1 Å². The number of ether oxygens (including phenoxy) is 1. The average molecular weight is 423 g/mol. The van der Waals surface area contributed by atoms with E-state index < -0.39 is 16.8 Å². The molecule has 0 radical (unpaired) electrons. The van der Waals surface area contributed by atoms with Crippen molar-refractivity contribution >= 4 is 35.0 Å². The lowest BCUT2D eigenvalue weighted by Crippen LogP contribution is -2.29. The number of carboxylic acid groups (broad SMARTS) is 1. The molecule has 9 nitrogen and oxygen atoms in total. The number of anilines is 1. The Kier molecular flexibility index (Phi) is 6.56. The number of hydrazone groups is 1. The quantitative estimate of drug-likeness (QED) is 0.394. The van der Waals surface area contributed by atoms with Crippen LogP contribution in [0.5, 0.6) is 0 Å². The number of methoxy groups -OCH3 is 1. The number of nitro groups is 1. The van der Waals surface area contributed by atoms with Crippen LogP contribution in [0.15, 0.2) is 59.2 Å². The average Bonchev–Trinajstić information content (AvgIpc) is 3.04. The first-order chi connectivity index (χ1) is 14.8. The maximum absolute atomic E-state index is 13.1. The summed E-state index contributed by atoms with van der Waals surface area (Å²) in [5, 5.41) is 26.1. The van der Waals surface area contributed by atoms with Crippen LogP contribution >= 0.6 is 0 Å². The van der Waals surface area contributed by atoms with Crippen LogP contribution in [0, 0.1) is 23.0 Å². The second-order valence-corrected chi connectivity index (χ2v) is 7.09. The molecule has 0 spiro atoms. The highest BCUT2D eigenvalue weighted by Gasteiger charge is 2.37. The molecule has 0 aliphatic carbocycles. The van der Waals surface area contributed by atoms with Crippen LogP contribution in [0.4, 0.5) is 11.4 Å². The second-order valence-electron chi connectivity index (χ2n) is 7.09. The lowest BCUT2D eigenvalue weighted by atomic mass is 9.93. The summed E-state index contributed by atoms with van der Waals surface area (Å²) in [6.45, 7) is 2.02. The second kappa shape index (κ2) is 9.31. The van der Waals surface area contributed by atoms with Crippen molar-refractivity contribution in [3.05, 3.63) is 75.3 Å². The standard InChI is InChI=1S/C22H21N3O6/c1-14-3-7-17(8-4-14)24-21(26)19(20(23-24)13-31-2)12-16(22(27)28)11-15-5-9-18(10-6-15)25(29)30/h3-11,19H,12-13H2,1-2H3,(H,27,28). The third-order valence-corrected chi connectivity index (χ3v) is 4.85. The molecule has 1 unspecified atom stereocenters. The number of carbonyl (C=O) groups excluding carboxylic acids is 1. The zero-order chi connectivity index (χ0) is 22.5. The number of benzene rings is 2. The van der Waals surface area contributed by atoms with Crippen molar-refractivity contribution in [2.45, 2.75) is 13.3 Å². The highest BCUT2D eigenvalue weighted by molar-refractivity contribution is 6.16. The fraction of sp³-hybridized carbons (Fsp3) is 0.227. The Balaban J connectivity index is 1.88. The first-order valence-corrected chi connectivity index (χ1v) is 9.45. The normalized spacial score (nSPS) is 16.4. The summed E-state index contributed by atoms with van der Waals surface area (Å²) in [7, 11) is 1.48. The zero-order valence-electron chi connectivity index (χ0n) is 17.0. The number of carbonyl (C=O) groups is 2. The van der Waals surface area contributed by atoms with Crippen molar-refractivity contribution in [2.24, 2.45) is 11.0 Å². The number of hydrogen-bond donors (Lipinski definition) is 1. The van der Waals surface area contributed by atoms with E-state index in [9.17, 15) is 24.8 Å². The molecular formula is C22H21N3O6. The molecule has 31 heavy (non-hydrogen) atoms. The Labute approximate surface area is 178 Å². The lowest BCUT2D eigenvalue weighted by Gasteiger charge is -2.15. The number of nitrogens with zero attached hydrogens (tertiary/aromatic N) is 3. The van der Waals surface area contributed by atoms with Crippen LogP contribution in [-0.2, 0) is 14.3 Å². The van der Waals surface area contributed by atoms with Gasteiger partial charge in [0.05, 0.1) is 28.8 Å². The van der Waals surface area contributed by atoms with Gasteiger partial charge in [-0.25, -0.2) is 9.80 Å². The Bertz CT molecular complexity index is 1060. The molecule has 1 atom stereocenters. The molecule has 2 aromatic carbocycles. The summed E-state index contributed by atoms with van der Waals surface area (Å²) in [6.07, 6.45) is 1.31. The van der Waals surface area contributed by atoms with Gasteiger partial charge in [-0.2, -0.15) is 5.10 Å². The summed E-state index contributed by atoms with van der Waals surface area (Å²) < 4.78 is 5.16. The number of nitro benzene ring substituents is 1. The zero-order valence-corrected chi connectivity index (χ0v) is 17.0. The van der Waals surface area contributed by atoms with Gasteiger partial charge in [0.1, 0.15) is 0 Å². The van der Waals surface area contributed by atoms with Gasteiger partial charge < -0.3 is 9.84 Å². The molecule has 2 aromatic rings. The Morgan fingerprint density at radius 1 is 1.23 bits per heavy atom. The van der Waals surface area contributed by atoms with Crippen molar-refractivity contribution in [2.75, 3.05) is 18.7 Å². The van der Waals surface area contributed by atoms with Gasteiger partial charge in [-0.1, -0.05) is 17.7 Å². The maximum Gasteiger partial charge on any atom is 0.331 e. The van der Waals surface area contributed by atoms with Gasteiger partial charge >= 0.3 is 5.97 Å². The molecule has 3 rings (SSSR count). The van der Waals surface area contributed by atoms with E-state index in [2.05, 4.69) is 5.10 Å². The lowest BCUT2D eigenvalue weighted by molar-refractivity contribution is -0.384. The van der Waals surface area contributed by atoms with Crippen molar-refractivity contribution in [3.63, 3.8) is 0 Å². The van der Waals surface area contributed by atoms with Crippen LogP contribution < -0.4 is 5.01 Å². The Morgan fingerprint density at radius 2 is 1.87 bits per heavy atom. The number of amides is 1. The van der Waals surface area contributed by atoms with Crippen LogP contribution in [0.1, 0.15) is 17.5 Å². The van der Waals surface area contributed by atoms with E-state index in [4.69, 9.17) is 4.74 Å². The first kappa shape index (κ1) is 21.8. The van der Waals surface area contributed by atoms with Gasteiger partial charge in [0.2, 0.25) is 0 Å². The van der Waals surface area contributed by atoms with Crippen LogP contribution in [0.25, 0.3) is 6.08 Å². The van der Waals surface area contributed by atoms with Gasteiger partial charge in [-0.3, -0.25) is 14.9 Å². The van der Waals surface area contributed by atoms with Gasteiger partial charge in [-0.05, 0) is 49.2 Å². The molecule has 9 heteroatoms. The van der Waals surface area contributed by atoms with Crippen molar-refractivity contribution < 1.29 is 24.4 Å². The summed E-state index contributed by atoms with van der Waals surface area (Å²) in [4.78, 5) is 35.2. The molecule has 0 saturated carbocycles. The predicted octanol–water partition coefficient (Wildman–Crippen LogP) is 3.43. The number of rotatable bonds is 8. The summed E-state index contributed by atoms with van der Waals surface area (Å²) in [5.74, 6) is -2.31. The monoisotopic (exact) mass is 423 g/mol. The molecule has 1 aliphatic heterocycles. The summed E-state index contributed by atoms with van der Waals surface area (Å²) in [6, 6.07) is 12.8. The van der Waals surface area contributed by atoms with Gasteiger partial charge in [0.25, 0.3) is 11.6 Å². The molecule has 0 bridgehead atoms. The van der Waals surface area contributed by atoms with Gasteiger partial charge in [0, 0.05) is 24.8 Å². The number of aryl methyl sites for hydroxylation is 1. The first-order valence-electron chi connectivity index (χ1n) is 9.45. The number of aliphatic carboxylic acids is 1. The fourth-order valence-electron chi connectivity index (χ4n) is 3.21. The molecule has 1 aliphatic rings. The minimum absolute atomic E-state index is 0.0123. The van der Waals surface area contributed by atoms with E-state index in [0.717, 1.165) is 5.56 Å². The van der Waals surface area contributed by atoms with Crippen molar-refractivity contribution in [1.29, 1.82) is 0 Å². The fourth-order valence-corrected chi connectivity index (χ4v) is 3.21. The minimum Gasteiger partial charge on any atom is -0.478 e. The highest BCUT2D eigenvalue weighted by Crippen LogP contribution is 2.29. The maximum atomic E-state index is 13.1. The van der Waals surface area contributed by atoms with E-state index >= 15 is 0 Å². The van der Waals surface area contributed by atoms with Crippen LogP contribution in [0.2, 0.25) is 0 Å². The van der Waals surface area contributed by atoms with Crippen LogP contribution in [-0.4, -0.2) is 41.3 Å². The molecule has 1 N–H and O–H groups in total. The third kappa shape index (κ3) is 5.01. The van der Waals surface area contributed by atoms with Crippen molar-refractivity contribution in [3.8, 4) is 0 Å². The largest absolute Gasteiger partial charge is 0.478 e. The molecule has 0 saturated heterocycles. The van der Waals surface area contributed by atoms with Crippen LogP contribution in [0.3, 0.4) is 0 Å². The van der Waals surface area contributed by atoms with Gasteiger partial charge in [-0.15, -0.1) is 0 Å².